The van der Waals surface area contributed by atoms with Crippen molar-refractivity contribution in [1.82, 2.24) is 15.3 Å². The van der Waals surface area contributed by atoms with E-state index in [4.69, 9.17) is 11.6 Å². The predicted molar refractivity (Wildman–Crippen MR) is 97.3 cm³/mol. The quantitative estimate of drug-likeness (QED) is 0.807. The number of aromatic nitrogens is 2. The highest BCUT2D eigenvalue weighted by atomic mass is 35.5. The smallest absolute Gasteiger partial charge is 0.267 e. The number of hydrogen-bond acceptors (Lipinski definition) is 2. The molecule has 6 rings (SSSR count). The van der Waals surface area contributed by atoms with E-state index >= 15 is 0 Å². The van der Waals surface area contributed by atoms with Gasteiger partial charge in [-0.05, 0) is 74.0 Å². The van der Waals surface area contributed by atoms with E-state index in [1.54, 1.807) is 6.20 Å². The maximum absolute atomic E-state index is 12.8. The van der Waals surface area contributed by atoms with E-state index in [2.05, 4.69) is 15.3 Å². The molecule has 4 fully saturated rings. The highest BCUT2D eigenvalue weighted by molar-refractivity contribution is 6.32. The van der Waals surface area contributed by atoms with Crippen LogP contribution in [0.2, 0.25) is 5.15 Å². The van der Waals surface area contributed by atoms with Crippen LogP contribution in [-0.4, -0.2) is 21.9 Å². The molecule has 2 N–H and O–H groups in total. The van der Waals surface area contributed by atoms with Crippen LogP contribution >= 0.6 is 11.6 Å². The van der Waals surface area contributed by atoms with Gasteiger partial charge in [-0.3, -0.25) is 4.79 Å². The van der Waals surface area contributed by atoms with Crippen LogP contribution in [0.3, 0.4) is 0 Å². The fourth-order valence-electron chi connectivity index (χ4n) is 5.67. The Kier molecular flexibility index (Phi) is 3.63. The number of nitrogens with one attached hydrogen (secondary N) is 2. The third-order valence-corrected chi connectivity index (χ3v) is 6.82. The van der Waals surface area contributed by atoms with Crippen LogP contribution in [0.15, 0.2) is 30.6 Å². The molecule has 0 unspecified atom stereocenters. The van der Waals surface area contributed by atoms with Gasteiger partial charge in [0.2, 0.25) is 0 Å². The first-order chi connectivity index (χ1) is 12.2. The summed E-state index contributed by atoms with van der Waals surface area (Å²) in [6.07, 6.45) is 10.1. The van der Waals surface area contributed by atoms with Gasteiger partial charge in [0.25, 0.3) is 5.91 Å². The number of rotatable bonds is 3. The van der Waals surface area contributed by atoms with Gasteiger partial charge >= 0.3 is 0 Å². The number of amides is 1. The molecular weight excluding hydrogens is 334 g/mol. The summed E-state index contributed by atoms with van der Waals surface area (Å²) in [5.74, 6) is 3.20. The minimum atomic E-state index is 0.00346. The van der Waals surface area contributed by atoms with Crippen molar-refractivity contribution >= 4 is 17.5 Å². The van der Waals surface area contributed by atoms with Crippen LogP contribution < -0.4 is 5.32 Å². The Bertz CT molecular complexity index is 787. The lowest BCUT2D eigenvalue weighted by Crippen LogP contribution is -2.55. The Morgan fingerprint density at radius 1 is 1.16 bits per heavy atom. The van der Waals surface area contributed by atoms with Crippen LogP contribution in [-0.2, 0) is 0 Å². The molecule has 2 aromatic rings. The van der Waals surface area contributed by atoms with Crippen LogP contribution in [0, 0.1) is 23.7 Å². The monoisotopic (exact) mass is 355 g/mol. The van der Waals surface area contributed by atoms with E-state index in [0.29, 0.717) is 28.7 Å². The van der Waals surface area contributed by atoms with Gasteiger partial charge in [-0.1, -0.05) is 11.6 Å². The topological polar surface area (TPSA) is 57.8 Å². The van der Waals surface area contributed by atoms with Gasteiger partial charge in [-0.2, -0.15) is 0 Å². The summed E-state index contributed by atoms with van der Waals surface area (Å²) in [4.78, 5) is 20.0. The number of carbonyl (C=O) groups excluding carboxylic acids is 1. The maximum Gasteiger partial charge on any atom is 0.267 e. The molecule has 5 heteroatoms. The highest BCUT2D eigenvalue weighted by Crippen LogP contribution is 2.53. The minimum absolute atomic E-state index is 0.00346. The SMILES string of the molecule is O=C(NC1C2CC3CC(C2)CC1C3)c1cc(-c2cccnc2Cl)c[nH]1. The fourth-order valence-corrected chi connectivity index (χ4v) is 5.90. The summed E-state index contributed by atoms with van der Waals surface area (Å²) in [6, 6.07) is 5.99. The van der Waals surface area contributed by atoms with Crippen molar-refractivity contribution < 1.29 is 4.79 Å². The van der Waals surface area contributed by atoms with Crippen molar-refractivity contribution in [3.63, 3.8) is 0 Å². The number of halogens is 1. The van der Waals surface area contributed by atoms with Gasteiger partial charge in [-0.15, -0.1) is 0 Å². The highest BCUT2D eigenvalue weighted by Gasteiger charge is 2.48. The van der Waals surface area contributed by atoms with Crippen molar-refractivity contribution in [2.75, 3.05) is 0 Å². The summed E-state index contributed by atoms with van der Waals surface area (Å²) < 4.78 is 0. The maximum atomic E-state index is 12.8. The zero-order valence-electron chi connectivity index (χ0n) is 14.0. The van der Waals surface area contributed by atoms with Gasteiger partial charge in [0.05, 0.1) is 0 Å². The second kappa shape index (κ2) is 5.87. The van der Waals surface area contributed by atoms with E-state index in [9.17, 15) is 4.79 Å². The normalized spacial score (nSPS) is 32.8. The van der Waals surface area contributed by atoms with Gasteiger partial charge in [0, 0.05) is 29.6 Å². The summed E-state index contributed by atoms with van der Waals surface area (Å²) in [5, 5.41) is 3.79. The second-order valence-electron chi connectivity index (χ2n) is 8.07. The molecule has 4 nitrogen and oxygen atoms in total. The van der Waals surface area contributed by atoms with Gasteiger partial charge in [-0.25, -0.2) is 4.98 Å². The van der Waals surface area contributed by atoms with E-state index in [-0.39, 0.29) is 5.91 Å². The summed E-state index contributed by atoms with van der Waals surface area (Å²) >= 11 is 6.16. The largest absolute Gasteiger partial charge is 0.357 e. The molecule has 2 heterocycles. The third-order valence-electron chi connectivity index (χ3n) is 6.52. The summed E-state index contributed by atoms with van der Waals surface area (Å²) in [6.45, 7) is 0. The van der Waals surface area contributed by atoms with E-state index < -0.39 is 0 Å². The van der Waals surface area contributed by atoms with Crippen molar-refractivity contribution in [1.29, 1.82) is 0 Å². The molecule has 0 aromatic carbocycles. The van der Waals surface area contributed by atoms with Crippen LogP contribution in [0.25, 0.3) is 11.1 Å². The zero-order chi connectivity index (χ0) is 17.0. The number of carbonyl (C=O) groups is 1. The van der Waals surface area contributed by atoms with Gasteiger partial charge in [0.15, 0.2) is 0 Å². The Morgan fingerprint density at radius 3 is 2.56 bits per heavy atom. The summed E-state index contributed by atoms with van der Waals surface area (Å²) in [5.41, 5.74) is 2.34. The molecule has 0 radical (unpaired) electrons. The molecule has 4 saturated carbocycles. The van der Waals surface area contributed by atoms with E-state index in [1.807, 2.05) is 24.4 Å². The second-order valence-corrected chi connectivity index (χ2v) is 8.43. The van der Waals surface area contributed by atoms with E-state index in [1.165, 1.54) is 32.1 Å². The minimum Gasteiger partial charge on any atom is -0.357 e. The zero-order valence-corrected chi connectivity index (χ0v) is 14.8. The van der Waals surface area contributed by atoms with Crippen molar-refractivity contribution in [3.05, 3.63) is 41.4 Å². The predicted octanol–water partition coefficient (Wildman–Crippen LogP) is 4.28. The fraction of sp³-hybridized carbons (Fsp3) is 0.500. The molecule has 4 bridgehead atoms. The van der Waals surface area contributed by atoms with Gasteiger partial charge < -0.3 is 10.3 Å². The Labute approximate surface area is 152 Å². The molecule has 0 aliphatic heterocycles. The molecule has 0 spiro atoms. The molecule has 1 amide bonds. The molecule has 0 atom stereocenters. The first-order valence-electron chi connectivity index (χ1n) is 9.27. The lowest BCUT2D eigenvalue weighted by Gasteiger charge is -2.54. The number of pyridine rings is 1. The van der Waals surface area contributed by atoms with Crippen LogP contribution in [0.5, 0.6) is 0 Å². The average molecular weight is 356 g/mol. The number of aromatic amines is 1. The molecular formula is C20H22ClN3O. The van der Waals surface area contributed by atoms with Crippen molar-refractivity contribution in [3.8, 4) is 11.1 Å². The van der Waals surface area contributed by atoms with Crippen LogP contribution in [0.1, 0.15) is 42.6 Å². The standard InChI is InChI=1S/C20H22ClN3O/c21-19-16(2-1-3-22-19)15-9-17(23-10-15)20(25)24-18-13-5-11-4-12(7-13)8-14(18)6-11/h1-3,9-14,18,23H,4-8H2,(H,24,25). The number of hydrogen-bond donors (Lipinski definition) is 2. The van der Waals surface area contributed by atoms with Crippen molar-refractivity contribution in [2.24, 2.45) is 23.7 Å². The summed E-state index contributed by atoms with van der Waals surface area (Å²) in [7, 11) is 0. The average Bonchev–Trinajstić information content (AvgIpc) is 3.08. The lowest BCUT2D eigenvalue weighted by molar-refractivity contribution is -0.0120. The molecule has 130 valence electrons. The first kappa shape index (κ1) is 15.4. The molecule has 25 heavy (non-hydrogen) atoms. The Hall–Kier alpha value is -1.81. The van der Waals surface area contributed by atoms with Crippen molar-refractivity contribution in [2.45, 2.75) is 38.1 Å². The van der Waals surface area contributed by atoms with Crippen LogP contribution in [0.4, 0.5) is 0 Å². The molecule has 2 aromatic heterocycles. The number of H-pyrrole nitrogens is 1. The molecule has 4 aliphatic rings. The Balaban J connectivity index is 1.33. The third kappa shape index (κ3) is 2.67. The Morgan fingerprint density at radius 2 is 1.88 bits per heavy atom. The molecule has 4 aliphatic carbocycles. The lowest BCUT2D eigenvalue weighted by atomic mass is 9.54. The van der Waals surface area contributed by atoms with Gasteiger partial charge in [0.1, 0.15) is 10.8 Å². The first-order valence-corrected chi connectivity index (χ1v) is 9.65. The van der Waals surface area contributed by atoms with E-state index in [0.717, 1.165) is 23.0 Å². The number of nitrogens with zero attached hydrogens (tertiary/aromatic N) is 1. The molecule has 0 saturated heterocycles.